The second-order valence-corrected chi connectivity index (χ2v) is 7.42. The van der Waals surface area contributed by atoms with E-state index in [1.54, 1.807) is 0 Å². The lowest BCUT2D eigenvalue weighted by Crippen LogP contribution is -2.11. The normalized spacial score (nSPS) is 12.6. The van der Waals surface area contributed by atoms with Crippen LogP contribution in [0.15, 0.2) is 103 Å². The van der Waals surface area contributed by atoms with Crippen LogP contribution in [0.25, 0.3) is 21.8 Å². The van der Waals surface area contributed by atoms with Gasteiger partial charge in [-0.15, -0.1) is 0 Å². The van der Waals surface area contributed by atoms with Crippen LogP contribution in [0, 0.1) is 0 Å². The van der Waals surface area contributed by atoms with Crippen molar-refractivity contribution in [1.29, 1.82) is 0 Å². The third kappa shape index (κ3) is 3.11. The van der Waals surface area contributed by atoms with Gasteiger partial charge in [0.2, 0.25) is 0 Å². The van der Waals surface area contributed by atoms with Crippen molar-refractivity contribution >= 4 is 21.8 Å². The van der Waals surface area contributed by atoms with Crippen LogP contribution in [0.5, 0.6) is 0 Å². The maximum atomic E-state index is 2.44. The zero-order chi connectivity index (χ0) is 18.8. The predicted molar refractivity (Wildman–Crippen MR) is 118 cm³/mol. The summed E-state index contributed by atoms with van der Waals surface area (Å²) >= 11 is 0. The van der Waals surface area contributed by atoms with Crippen LogP contribution in [0.4, 0.5) is 0 Å². The highest BCUT2D eigenvalue weighted by atomic mass is 15.0. The van der Waals surface area contributed by atoms with Crippen LogP contribution in [-0.2, 0) is 6.54 Å². The molecule has 0 aliphatic heterocycles. The zero-order valence-electron chi connectivity index (χ0n) is 15.9. The summed E-state index contributed by atoms with van der Waals surface area (Å²) in [5.74, 6) is 0. The number of nitrogens with zero attached hydrogens (tertiary/aromatic N) is 2. The average Bonchev–Trinajstić information content (AvgIpc) is 3.36. The molecule has 5 rings (SSSR count). The Kier molecular flexibility index (Phi) is 4.46. The van der Waals surface area contributed by atoms with Gasteiger partial charge in [0, 0.05) is 30.0 Å². The van der Waals surface area contributed by atoms with E-state index in [9.17, 15) is 0 Å². The van der Waals surface area contributed by atoms with Crippen molar-refractivity contribution < 1.29 is 0 Å². The van der Waals surface area contributed by atoms with Crippen molar-refractivity contribution in [3.63, 3.8) is 0 Å². The highest BCUT2D eigenvalue weighted by Gasteiger charge is 2.15. The smallest absolute Gasteiger partial charge is 0.0586 e. The number of hydrogen-bond donors (Lipinski definition) is 0. The van der Waals surface area contributed by atoms with E-state index >= 15 is 0 Å². The molecule has 0 saturated carbocycles. The van der Waals surface area contributed by atoms with Gasteiger partial charge in [-0.2, -0.15) is 0 Å². The molecule has 0 aliphatic rings. The first-order chi connectivity index (χ1) is 13.9. The van der Waals surface area contributed by atoms with Crippen LogP contribution in [0.1, 0.15) is 24.4 Å². The SMILES string of the molecule is c1ccc(C(CCCn2ccc3ccccc32)n2ccc3ccccc32)cc1. The summed E-state index contributed by atoms with van der Waals surface area (Å²) in [5, 5.41) is 2.62. The molecule has 2 nitrogen and oxygen atoms in total. The Labute approximate surface area is 165 Å². The van der Waals surface area contributed by atoms with Crippen molar-refractivity contribution in [1.82, 2.24) is 9.13 Å². The monoisotopic (exact) mass is 364 g/mol. The number of benzene rings is 3. The lowest BCUT2D eigenvalue weighted by Gasteiger charge is -2.21. The lowest BCUT2D eigenvalue weighted by atomic mass is 10.0. The van der Waals surface area contributed by atoms with Crippen LogP contribution in [-0.4, -0.2) is 9.13 Å². The fourth-order valence-electron chi connectivity index (χ4n) is 4.31. The van der Waals surface area contributed by atoms with E-state index in [2.05, 4.69) is 113 Å². The predicted octanol–water partition coefficient (Wildman–Crippen LogP) is 6.67. The molecule has 0 saturated heterocycles. The van der Waals surface area contributed by atoms with Gasteiger partial charge < -0.3 is 9.13 Å². The van der Waals surface area contributed by atoms with Crippen LogP contribution < -0.4 is 0 Å². The molecule has 28 heavy (non-hydrogen) atoms. The van der Waals surface area contributed by atoms with E-state index in [1.807, 2.05) is 0 Å². The lowest BCUT2D eigenvalue weighted by molar-refractivity contribution is 0.504. The topological polar surface area (TPSA) is 9.86 Å². The first-order valence-corrected chi connectivity index (χ1v) is 10.0. The van der Waals surface area contributed by atoms with Gasteiger partial charge in [-0.25, -0.2) is 0 Å². The van der Waals surface area contributed by atoms with Crippen molar-refractivity contribution in [3.8, 4) is 0 Å². The molecule has 5 aromatic rings. The van der Waals surface area contributed by atoms with E-state index in [-0.39, 0.29) is 0 Å². The molecular weight excluding hydrogens is 340 g/mol. The Morgan fingerprint density at radius 1 is 0.607 bits per heavy atom. The molecular formula is C26H24N2. The average molecular weight is 364 g/mol. The fourth-order valence-corrected chi connectivity index (χ4v) is 4.31. The number of aromatic nitrogens is 2. The molecule has 138 valence electrons. The maximum absolute atomic E-state index is 2.44. The Morgan fingerprint density at radius 3 is 2.07 bits per heavy atom. The molecule has 0 fully saturated rings. The van der Waals surface area contributed by atoms with Crippen molar-refractivity contribution in [2.24, 2.45) is 0 Å². The summed E-state index contributed by atoms with van der Waals surface area (Å²) in [7, 11) is 0. The zero-order valence-corrected chi connectivity index (χ0v) is 15.9. The highest BCUT2D eigenvalue weighted by molar-refractivity contribution is 5.80. The third-order valence-electron chi connectivity index (χ3n) is 5.71. The molecule has 0 spiro atoms. The summed E-state index contributed by atoms with van der Waals surface area (Å²) in [4.78, 5) is 0. The molecule has 2 aromatic heterocycles. The Bertz CT molecular complexity index is 1200. The van der Waals surface area contributed by atoms with Gasteiger partial charge in [-0.1, -0.05) is 66.7 Å². The molecule has 2 heterocycles. The molecule has 0 bridgehead atoms. The molecule has 2 heteroatoms. The summed E-state index contributed by atoms with van der Waals surface area (Å²) in [6.45, 7) is 1.04. The van der Waals surface area contributed by atoms with Crippen LogP contribution in [0.3, 0.4) is 0 Å². The van der Waals surface area contributed by atoms with Crippen LogP contribution in [0.2, 0.25) is 0 Å². The number of aryl methyl sites for hydroxylation is 1. The molecule has 0 N–H and O–H groups in total. The van der Waals surface area contributed by atoms with Crippen molar-refractivity contribution in [2.75, 3.05) is 0 Å². The van der Waals surface area contributed by atoms with E-state index in [4.69, 9.17) is 0 Å². The minimum Gasteiger partial charge on any atom is -0.347 e. The summed E-state index contributed by atoms with van der Waals surface area (Å²) < 4.78 is 4.82. The highest BCUT2D eigenvalue weighted by Crippen LogP contribution is 2.29. The molecule has 1 unspecified atom stereocenters. The largest absolute Gasteiger partial charge is 0.347 e. The van der Waals surface area contributed by atoms with E-state index in [0.717, 1.165) is 19.4 Å². The number of para-hydroxylation sites is 2. The van der Waals surface area contributed by atoms with Gasteiger partial charge in [0.05, 0.1) is 6.04 Å². The maximum Gasteiger partial charge on any atom is 0.0586 e. The first-order valence-electron chi connectivity index (χ1n) is 10.0. The van der Waals surface area contributed by atoms with Gasteiger partial charge in [0.1, 0.15) is 0 Å². The second-order valence-electron chi connectivity index (χ2n) is 7.42. The molecule has 0 aliphatic carbocycles. The third-order valence-corrected chi connectivity index (χ3v) is 5.71. The Hall–Kier alpha value is -3.26. The summed E-state index contributed by atoms with van der Waals surface area (Å²) in [5.41, 5.74) is 4.01. The van der Waals surface area contributed by atoms with Gasteiger partial charge >= 0.3 is 0 Å². The molecule has 0 radical (unpaired) electrons. The molecule has 3 aromatic carbocycles. The van der Waals surface area contributed by atoms with Crippen LogP contribution >= 0.6 is 0 Å². The van der Waals surface area contributed by atoms with E-state index < -0.39 is 0 Å². The summed E-state index contributed by atoms with van der Waals surface area (Å²) in [6.07, 6.45) is 6.70. The van der Waals surface area contributed by atoms with Gasteiger partial charge in [0.15, 0.2) is 0 Å². The number of rotatable bonds is 6. The Morgan fingerprint density at radius 2 is 1.25 bits per heavy atom. The van der Waals surface area contributed by atoms with Gasteiger partial charge in [0.25, 0.3) is 0 Å². The quantitative estimate of drug-likeness (QED) is 0.318. The van der Waals surface area contributed by atoms with E-state index in [1.165, 1.54) is 27.4 Å². The minimum absolute atomic E-state index is 0.350. The number of hydrogen-bond acceptors (Lipinski definition) is 0. The van der Waals surface area contributed by atoms with Crippen molar-refractivity contribution in [3.05, 3.63) is 109 Å². The van der Waals surface area contributed by atoms with E-state index in [0.29, 0.717) is 6.04 Å². The standard InChI is InChI=1S/C26H24N2/c1-2-9-21(10-3-1)26(28-20-17-23-12-5-7-14-25(23)28)15-8-18-27-19-16-22-11-4-6-13-24(22)27/h1-7,9-14,16-17,19-20,26H,8,15,18H2. The summed E-state index contributed by atoms with van der Waals surface area (Å²) in [6, 6.07) is 33.0. The van der Waals surface area contributed by atoms with Gasteiger partial charge in [-0.05, 0) is 53.4 Å². The number of fused-ring (bicyclic) bond motifs is 2. The minimum atomic E-state index is 0.350. The van der Waals surface area contributed by atoms with Gasteiger partial charge in [-0.3, -0.25) is 0 Å². The Balaban J connectivity index is 1.42. The van der Waals surface area contributed by atoms with Crippen molar-refractivity contribution in [2.45, 2.75) is 25.4 Å². The first kappa shape index (κ1) is 16.9. The second kappa shape index (κ2) is 7.40. The molecule has 1 atom stereocenters. The molecule has 0 amide bonds. The fraction of sp³-hybridized carbons (Fsp3) is 0.154.